The molecule has 2 N–H and O–H groups in total. The molecule has 2 rings (SSSR count). The molecule has 0 radical (unpaired) electrons. The second-order valence-electron chi connectivity index (χ2n) is 3.53. The smallest absolute Gasteiger partial charge is 0.222 e. The number of rotatable bonds is 2. The molecule has 0 unspecified atom stereocenters. The molecule has 0 saturated carbocycles. The summed E-state index contributed by atoms with van der Waals surface area (Å²) in [7, 11) is -3.43. The normalized spacial score (nSPS) is 11.6. The van der Waals surface area contributed by atoms with E-state index in [1.54, 1.807) is 0 Å². The molecule has 2 aromatic rings. The second-order valence-corrected chi connectivity index (χ2v) is 5.54. The molecule has 0 aliphatic carbocycles. The first-order valence-electron chi connectivity index (χ1n) is 4.60. The highest BCUT2D eigenvalue weighted by atomic mass is 32.2. The Morgan fingerprint density at radius 3 is 2.53 bits per heavy atom. The minimum absolute atomic E-state index is 0.0617. The van der Waals surface area contributed by atoms with Crippen LogP contribution in [0.25, 0.3) is 11.3 Å². The van der Waals surface area contributed by atoms with Crippen molar-refractivity contribution in [3.05, 3.63) is 30.1 Å². The molecule has 1 heterocycles. The van der Waals surface area contributed by atoms with Gasteiger partial charge in [0.15, 0.2) is 9.84 Å². The molecule has 7 heteroatoms. The van der Waals surface area contributed by atoms with Crippen molar-refractivity contribution >= 4 is 15.7 Å². The first-order valence-corrected chi connectivity index (χ1v) is 6.49. The Hall–Kier alpha value is -1.89. The van der Waals surface area contributed by atoms with Gasteiger partial charge in [0.1, 0.15) is 11.5 Å². The molecule has 0 fully saturated rings. The summed E-state index contributed by atoms with van der Waals surface area (Å²) in [4.78, 5) is -0.0878. The van der Waals surface area contributed by atoms with Gasteiger partial charge in [-0.05, 0) is 18.2 Å². The van der Waals surface area contributed by atoms with Gasteiger partial charge < -0.3 is 10.3 Å². The number of anilines is 1. The largest absolute Gasteiger partial charge is 0.368 e. The number of nitrogen functional groups attached to an aromatic ring is 1. The SMILES string of the molecule is CS(=O)(=O)c1ccc(-c2cc(N)on2)c(F)c1. The van der Waals surface area contributed by atoms with E-state index in [9.17, 15) is 12.8 Å². The molecule has 0 spiro atoms. The summed E-state index contributed by atoms with van der Waals surface area (Å²) in [6.07, 6.45) is 1.01. The fraction of sp³-hybridized carbons (Fsp3) is 0.100. The van der Waals surface area contributed by atoms with Gasteiger partial charge in [-0.3, -0.25) is 0 Å². The molecule has 0 saturated heterocycles. The summed E-state index contributed by atoms with van der Waals surface area (Å²) in [6, 6.07) is 4.93. The summed E-state index contributed by atoms with van der Waals surface area (Å²) in [6.45, 7) is 0. The number of nitrogens with two attached hydrogens (primary N) is 1. The van der Waals surface area contributed by atoms with E-state index in [1.807, 2.05) is 0 Å². The van der Waals surface area contributed by atoms with Gasteiger partial charge in [-0.15, -0.1) is 0 Å². The van der Waals surface area contributed by atoms with Gasteiger partial charge in [0.2, 0.25) is 5.88 Å². The van der Waals surface area contributed by atoms with Gasteiger partial charge in [0.25, 0.3) is 0 Å². The maximum atomic E-state index is 13.7. The summed E-state index contributed by atoms with van der Waals surface area (Å²) in [5.41, 5.74) is 5.68. The highest BCUT2D eigenvalue weighted by molar-refractivity contribution is 7.90. The lowest BCUT2D eigenvalue weighted by Gasteiger charge is -2.01. The maximum Gasteiger partial charge on any atom is 0.222 e. The summed E-state index contributed by atoms with van der Waals surface area (Å²) in [5, 5.41) is 3.55. The Kier molecular flexibility index (Phi) is 2.62. The van der Waals surface area contributed by atoms with E-state index >= 15 is 0 Å². The molecular weight excluding hydrogens is 247 g/mol. The number of aromatic nitrogens is 1. The molecule has 0 amide bonds. The Morgan fingerprint density at radius 2 is 2.06 bits per heavy atom. The highest BCUT2D eigenvalue weighted by Crippen LogP contribution is 2.25. The number of hydrogen-bond acceptors (Lipinski definition) is 5. The van der Waals surface area contributed by atoms with Crippen LogP contribution in [-0.2, 0) is 9.84 Å². The molecular formula is C10H9FN2O3S. The van der Waals surface area contributed by atoms with E-state index < -0.39 is 15.7 Å². The van der Waals surface area contributed by atoms with Crippen LogP contribution in [0.15, 0.2) is 33.7 Å². The van der Waals surface area contributed by atoms with Crippen LogP contribution in [0.3, 0.4) is 0 Å². The third kappa shape index (κ3) is 2.28. The lowest BCUT2D eigenvalue weighted by atomic mass is 10.1. The molecule has 1 aromatic heterocycles. The Labute approximate surface area is 96.9 Å². The third-order valence-electron chi connectivity index (χ3n) is 2.17. The minimum Gasteiger partial charge on any atom is -0.368 e. The van der Waals surface area contributed by atoms with Gasteiger partial charge in [0.05, 0.1) is 4.90 Å². The minimum atomic E-state index is -3.43. The molecule has 5 nitrogen and oxygen atoms in total. The molecule has 90 valence electrons. The van der Waals surface area contributed by atoms with Crippen molar-refractivity contribution in [2.75, 3.05) is 12.0 Å². The van der Waals surface area contributed by atoms with Crippen LogP contribution in [0.5, 0.6) is 0 Å². The molecule has 17 heavy (non-hydrogen) atoms. The Balaban J connectivity index is 2.53. The van der Waals surface area contributed by atoms with Crippen molar-refractivity contribution in [1.82, 2.24) is 5.16 Å². The van der Waals surface area contributed by atoms with Crippen molar-refractivity contribution in [1.29, 1.82) is 0 Å². The Bertz CT molecular complexity index is 664. The standard InChI is InChI=1S/C10H9FN2O3S/c1-17(14,15)6-2-3-7(8(11)4-6)9-5-10(12)16-13-9/h2-5H,12H2,1H3. The topological polar surface area (TPSA) is 86.2 Å². The lowest BCUT2D eigenvalue weighted by molar-refractivity contribution is 0.438. The van der Waals surface area contributed by atoms with Crippen LogP contribution < -0.4 is 5.73 Å². The van der Waals surface area contributed by atoms with Crippen LogP contribution in [-0.4, -0.2) is 19.8 Å². The fourth-order valence-corrected chi connectivity index (χ4v) is 1.98. The van der Waals surface area contributed by atoms with E-state index in [-0.39, 0.29) is 22.0 Å². The van der Waals surface area contributed by atoms with Crippen molar-refractivity contribution in [3.63, 3.8) is 0 Å². The summed E-state index contributed by atoms with van der Waals surface area (Å²) < 4.78 is 40.7. The lowest BCUT2D eigenvalue weighted by Crippen LogP contribution is -1.98. The summed E-state index contributed by atoms with van der Waals surface area (Å²) in [5.74, 6) is -0.632. The van der Waals surface area contributed by atoms with Crippen LogP contribution >= 0.6 is 0 Å². The van der Waals surface area contributed by atoms with E-state index in [0.717, 1.165) is 12.3 Å². The van der Waals surface area contributed by atoms with Crippen LogP contribution in [0, 0.1) is 5.82 Å². The van der Waals surface area contributed by atoms with Crippen LogP contribution in [0.4, 0.5) is 10.3 Å². The molecule has 0 aliphatic heterocycles. The quantitative estimate of drug-likeness (QED) is 0.879. The van der Waals surface area contributed by atoms with E-state index in [4.69, 9.17) is 5.73 Å². The van der Waals surface area contributed by atoms with E-state index in [2.05, 4.69) is 9.68 Å². The van der Waals surface area contributed by atoms with E-state index in [0.29, 0.717) is 0 Å². The Morgan fingerprint density at radius 1 is 1.35 bits per heavy atom. The first-order chi connectivity index (χ1) is 7.88. The number of nitrogens with zero attached hydrogens (tertiary/aromatic N) is 1. The maximum absolute atomic E-state index is 13.7. The zero-order chi connectivity index (χ0) is 12.6. The van der Waals surface area contributed by atoms with Crippen molar-refractivity contribution < 1.29 is 17.3 Å². The van der Waals surface area contributed by atoms with Crippen molar-refractivity contribution in [2.45, 2.75) is 4.90 Å². The number of halogens is 1. The molecule has 0 atom stereocenters. The van der Waals surface area contributed by atoms with Gasteiger partial charge in [-0.25, -0.2) is 12.8 Å². The fourth-order valence-electron chi connectivity index (χ4n) is 1.35. The zero-order valence-electron chi connectivity index (χ0n) is 8.84. The number of benzene rings is 1. The molecule has 0 aliphatic rings. The summed E-state index contributed by atoms with van der Waals surface area (Å²) >= 11 is 0. The van der Waals surface area contributed by atoms with Crippen molar-refractivity contribution in [2.24, 2.45) is 0 Å². The van der Waals surface area contributed by atoms with Gasteiger partial charge >= 0.3 is 0 Å². The van der Waals surface area contributed by atoms with Gasteiger partial charge in [0, 0.05) is 17.9 Å². The molecule has 0 bridgehead atoms. The monoisotopic (exact) mass is 256 g/mol. The van der Waals surface area contributed by atoms with E-state index in [1.165, 1.54) is 18.2 Å². The van der Waals surface area contributed by atoms with Gasteiger partial charge in [-0.2, -0.15) is 0 Å². The number of sulfone groups is 1. The predicted octanol–water partition coefficient (Wildman–Crippen LogP) is 1.47. The average Bonchev–Trinajstić information content (AvgIpc) is 2.63. The average molecular weight is 256 g/mol. The predicted molar refractivity (Wildman–Crippen MR) is 59.4 cm³/mol. The zero-order valence-corrected chi connectivity index (χ0v) is 9.66. The molecule has 1 aromatic carbocycles. The highest BCUT2D eigenvalue weighted by Gasteiger charge is 2.14. The second kappa shape index (κ2) is 3.85. The third-order valence-corrected chi connectivity index (χ3v) is 3.28. The van der Waals surface area contributed by atoms with Gasteiger partial charge in [-0.1, -0.05) is 5.16 Å². The van der Waals surface area contributed by atoms with Crippen LogP contribution in [0.1, 0.15) is 0 Å². The number of hydrogen-bond donors (Lipinski definition) is 1. The first kappa shape index (κ1) is 11.6. The van der Waals surface area contributed by atoms with Crippen molar-refractivity contribution in [3.8, 4) is 11.3 Å². The van der Waals surface area contributed by atoms with Crippen LogP contribution in [0.2, 0.25) is 0 Å².